The van der Waals surface area contributed by atoms with Crippen molar-refractivity contribution >= 4 is 27.8 Å². The molecule has 0 radical (unpaired) electrons. The first-order chi connectivity index (χ1) is 14.1. The molecule has 0 unspecified atom stereocenters. The zero-order valence-electron chi connectivity index (χ0n) is 15.5. The van der Waals surface area contributed by atoms with Crippen LogP contribution in [0.2, 0.25) is 0 Å². The van der Waals surface area contributed by atoms with E-state index in [-0.39, 0.29) is 19.1 Å². The number of halogens is 1. The number of pyridine rings is 1. The van der Waals surface area contributed by atoms with Crippen LogP contribution < -0.4 is 10.1 Å². The van der Waals surface area contributed by atoms with Crippen molar-refractivity contribution in [3.8, 4) is 5.75 Å². The van der Waals surface area contributed by atoms with Gasteiger partial charge >= 0.3 is 5.97 Å². The summed E-state index contributed by atoms with van der Waals surface area (Å²) in [4.78, 5) is 28.1. The van der Waals surface area contributed by atoms with E-state index in [4.69, 9.17) is 9.47 Å². The first kappa shape index (κ1) is 20.5. The summed E-state index contributed by atoms with van der Waals surface area (Å²) in [6.07, 6.45) is 1.72. The fourth-order valence-corrected chi connectivity index (χ4v) is 2.82. The van der Waals surface area contributed by atoms with Crippen LogP contribution in [0.4, 0.5) is 0 Å². The molecule has 2 aromatic carbocycles. The predicted octanol–water partition coefficient (Wildman–Crippen LogP) is 3.90. The Hall–Kier alpha value is -3.19. The van der Waals surface area contributed by atoms with Gasteiger partial charge in [-0.3, -0.25) is 14.6 Å². The van der Waals surface area contributed by atoms with Crippen molar-refractivity contribution in [1.82, 2.24) is 10.3 Å². The second-order valence-electron chi connectivity index (χ2n) is 6.11. The summed E-state index contributed by atoms with van der Waals surface area (Å²) in [7, 11) is 0. The van der Waals surface area contributed by atoms with E-state index in [1.807, 2.05) is 36.4 Å². The van der Waals surface area contributed by atoms with Crippen molar-refractivity contribution in [2.45, 2.75) is 13.2 Å². The van der Waals surface area contributed by atoms with Gasteiger partial charge in [0.25, 0.3) is 5.91 Å². The minimum atomic E-state index is -0.510. The molecule has 0 aliphatic heterocycles. The van der Waals surface area contributed by atoms with E-state index in [1.54, 1.807) is 36.5 Å². The molecule has 29 heavy (non-hydrogen) atoms. The summed E-state index contributed by atoms with van der Waals surface area (Å²) in [5.74, 6) is -0.145. The fourth-order valence-electron chi connectivity index (χ4n) is 2.42. The van der Waals surface area contributed by atoms with E-state index in [1.165, 1.54) is 0 Å². The fraction of sp³-hybridized carbons (Fsp3) is 0.136. The van der Waals surface area contributed by atoms with Crippen LogP contribution >= 0.6 is 15.9 Å². The molecule has 148 valence electrons. The Kier molecular flexibility index (Phi) is 7.35. The lowest BCUT2D eigenvalue weighted by molar-refractivity contribution is -0.143. The maximum Gasteiger partial charge on any atom is 0.325 e. The van der Waals surface area contributed by atoms with Crippen molar-refractivity contribution < 1.29 is 19.1 Å². The second kappa shape index (κ2) is 10.4. The van der Waals surface area contributed by atoms with Crippen molar-refractivity contribution in [3.05, 3.63) is 94.2 Å². The first-order valence-electron chi connectivity index (χ1n) is 8.91. The highest BCUT2D eigenvalue weighted by Crippen LogP contribution is 2.14. The van der Waals surface area contributed by atoms with E-state index in [2.05, 4.69) is 26.2 Å². The van der Waals surface area contributed by atoms with Gasteiger partial charge in [-0.25, -0.2) is 0 Å². The number of hydrogen-bond donors (Lipinski definition) is 1. The number of nitrogens with one attached hydrogen (secondary N) is 1. The molecule has 6 nitrogen and oxygen atoms in total. The number of esters is 1. The van der Waals surface area contributed by atoms with Gasteiger partial charge in [0.2, 0.25) is 0 Å². The minimum absolute atomic E-state index is 0.117. The van der Waals surface area contributed by atoms with Crippen molar-refractivity contribution in [3.63, 3.8) is 0 Å². The normalized spacial score (nSPS) is 10.2. The minimum Gasteiger partial charge on any atom is -0.487 e. The molecule has 1 N–H and O–H groups in total. The van der Waals surface area contributed by atoms with Gasteiger partial charge in [0, 0.05) is 16.2 Å². The average molecular weight is 455 g/mol. The molecule has 1 aromatic heterocycles. The highest BCUT2D eigenvalue weighted by Gasteiger charge is 2.09. The maximum atomic E-state index is 12.0. The molecule has 1 amide bonds. The summed E-state index contributed by atoms with van der Waals surface area (Å²) in [5.41, 5.74) is 2.13. The molecule has 0 atom stereocenters. The van der Waals surface area contributed by atoms with E-state index in [9.17, 15) is 9.59 Å². The van der Waals surface area contributed by atoms with Crippen LogP contribution in [0.25, 0.3) is 0 Å². The van der Waals surface area contributed by atoms with Crippen molar-refractivity contribution in [2.24, 2.45) is 0 Å². The lowest BCUT2D eigenvalue weighted by atomic mass is 10.2. The summed E-state index contributed by atoms with van der Waals surface area (Å²) in [5, 5.41) is 2.54. The quantitative estimate of drug-likeness (QED) is 0.522. The molecule has 0 fully saturated rings. The summed E-state index contributed by atoms with van der Waals surface area (Å²) in [6, 6.07) is 19.8. The van der Waals surface area contributed by atoms with Crippen LogP contribution in [-0.2, 0) is 22.7 Å². The Morgan fingerprint density at radius 3 is 2.52 bits per heavy atom. The van der Waals surface area contributed by atoms with Gasteiger partial charge < -0.3 is 14.8 Å². The molecule has 0 bridgehead atoms. The topological polar surface area (TPSA) is 77.5 Å². The highest BCUT2D eigenvalue weighted by atomic mass is 79.9. The van der Waals surface area contributed by atoms with Crippen LogP contribution in [0.15, 0.2) is 77.4 Å². The van der Waals surface area contributed by atoms with Gasteiger partial charge in [-0.2, -0.15) is 0 Å². The van der Waals surface area contributed by atoms with Gasteiger partial charge in [-0.1, -0.05) is 40.2 Å². The van der Waals surface area contributed by atoms with Crippen LogP contribution in [-0.4, -0.2) is 23.4 Å². The second-order valence-corrected chi connectivity index (χ2v) is 7.02. The molecular weight excluding hydrogens is 436 g/mol. The number of nitrogens with zero attached hydrogens (tertiary/aromatic N) is 1. The Bertz CT molecular complexity index is 962. The van der Waals surface area contributed by atoms with Crippen molar-refractivity contribution in [2.75, 3.05) is 6.54 Å². The molecule has 3 rings (SSSR count). The summed E-state index contributed by atoms with van der Waals surface area (Å²) in [6.45, 7) is 0.301. The standard InChI is InChI=1S/C22H19BrN2O4/c23-18-5-3-4-17(12-18)22(27)25-13-21(26)29-14-16-7-9-20(10-8-16)28-15-19-6-1-2-11-24-19/h1-12H,13-15H2,(H,25,27). The Balaban J connectivity index is 1.40. The molecule has 0 spiro atoms. The third-order valence-corrected chi connectivity index (χ3v) is 4.41. The Morgan fingerprint density at radius 1 is 0.966 bits per heavy atom. The maximum absolute atomic E-state index is 12.0. The number of ether oxygens (including phenoxy) is 2. The molecule has 3 aromatic rings. The molecule has 1 heterocycles. The molecular formula is C22H19BrN2O4. The van der Waals surface area contributed by atoms with Crippen LogP contribution in [0.3, 0.4) is 0 Å². The largest absolute Gasteiger partial charge is 0.487 e. The average Bonchev–Trinajstić information content (AvgIpc) is 2.76. The van der Waals surface area contributed by atoms with Crippen molar-refractivity contribution in [1.29, 1.82) is 0 Å². The molecule has 0 aliphatic rings. The number of benzene rings is 2. The third kappa shape index (κ3) is 6.73. The van der Waals surface area contributed by atoms with Crippen LogP contribution in [0, 0.1) is 0 Å². The molecule has 7 heteroatoms. The third-order valence-electron chi connectivity index (χ3n) is 3.92. The van der Waals surface area contributed by atoms with Crippen LogP contribution in [0.1, 0.15) is 21.6 Å². The highest BCUT2D eigenvalue weighted by molar-refractivity contribution is 9.10. The van der Waals surface area contributed by atoms with Gasteiger partial charge in [0.1, 0.15) is 25.5 Å². The van der Waals surface area contributed by atoms with Gasteiger partial charge in [0.15, 0.2) is 0 Å². The zero-order chi connectivity index (χ0) is 20.5. The first-order valence-corrected chi connectivity index (χ1v) is 9.70. The SMILES string of the molecule is O=C(CNC(=O)c1cccc(Br)c1)OCc1ccc(OCc2ccccn2)cc1. The molecule has 0 saturated heterocycles. The van der Waals surface area contributed by atoms with E-state index in [0.717, 1.165) is 15.7 Å². The monoisotopic (exact) mass is 454 g/mol. The number of carbonyl (C=O) groups excluding carboxylic acids is 2. The predicted molar refractivity (Wildman–Crippen MR) is 111 cm³/mol. The number of hydrogen-bond acceptors (Lipinski definition) is 5. The summed E-state index contributed by atoms with van der Waals surface area (Å²) < 4.78 is 11.7. The van der Waals surface area contributed by atoms with E-state index < -0.39 is 5.97 Å². The van der Waals surface area contributed by atoms with Gasteiger partial charge in [-0.15, -0.1) is 0 Å². The molecule has 0 saturated carbocycles. The Labute approximate surface area is 177 Å². The smallest absolute Gasteiger partial charge is 0.325 e. The summed E-state index contributed by atoms with van der Waals surface area (Å²) >= 11 is 3.30. The number of rotatable bonds is 8. The molecule has 0 aliphatic carbocycles. The van der Waals surface area contributed by atoms with E-state index in [0.29, 0.717) is 17.9 Å². The van der Waals surface area contributed by atoms with Gasteiger partial charge in [0.05, 0.1) is 5.69 Å². The number of amides is 1. The lowest BCUT2D eigenvalue weighted by Crippen LogP contribution is -2.30. The lowest BCUT2D eigenvalue weighted by Gasteiger charge is -2.08. The van der Waals surface area contributed by atoms with E-state index >= 15 is 0 Å². The van der Waals surface area contributed by atoms with Crippen LogP contribution in [0.5, 0.6) is 5.75 Å². The van der Waals surface area contributed by atoms with Gasteiger partial charge in [-0.05, 0) is 48.0 Å². The number of carbonyl (C=O) groups is 2. The number of aromatic nitrogens is 1. The zero-order valence-corrected chi connectivity index (χ0v) is 17.1. The Morgan fingerprint density at radius 2 is 1.79 bits per heavy atom.